The summed E-state index contributed by atoms with van der Waals surface area (Å²) in [5.41, 5.74) is 5.73. The van der Waals surface area contributed by atoms with Crippen molar-refractivity contribution in [1.82, 2.24) is 0 Å². The van der Waals surface area contributed by atoms with Crippen molar-refractivity contribution in [3.63, 3.8) is 0 Å². The Kier molecular flexibility index (Phi) is 1.45. The maximum atomic E-state index is 9.95. The van der Waals surface area contributed by atoms with Crippen LogP contribution in [0.5, 0.6) is 0 Å². The molecule has 2 nitrogen and oxygen atoms in total. The maximum Gasteiger partial charge on any atom is 0.0773 e. The summed E-state index contributed by atoms with van der Waals surface area (Å²) in [7, 11) is 0. The maximum absolute atomic E-state index is 9.95. The molecule has 2 rings (SSSR count). The second-order valence-corrected chi connectivity index (χ2v) is 5.44. The van der Waals surface area contributed by atoms with E-state index in [-0.39, 0.29) is 6.04 Å². The van der Waals surface area contributed by atoms with Gasteiger partial charge in [0.2, 0.25) is 0 Å². The zero-order chi connectivity index (χ0) is 9.15. The van der Waals surface area contributed by atoms with Crippen molar-refractivity contribution in [2.45, 2.75) is 45.3 Å². The van der Waals surface area contributed by atoms with Crippen molar-refractivity contribution in [3.8, 4) is 0 Å². The summed E-state index contributed by atoms with van der Waals surface area (Å²) in [5, 5.41) is 9.95. The van der Waals surface area contributed by atoms with Gasteiger partial charge in [-0.05, 0) is 37.0 Å². The minimum Gasteiger partial charge on any atom is -0.389 e. The van der Waals surface area contributed by atoms with Gasteiger partial charge in [-0.3, -0.25) is 0 Å². The number of rotatable bonds is 0. The monoisotopic (exact) mass is 169 g/mol. The molecule has 0 aromatic carbocycles. The van der Waals surface area contributed by atoms with Gasteiger partial charge in [-0.1, -0.05) is 13.8 Å². The van der Waals surface area contributed by atoms with E-state index in [1.165, 1.54) is 0 Å². The van der Waals surface area contributed by atoms with Gasteiger partial charge >= 0.3 is 0 Å². The lowest BCUT2D eigenvalue weighted by molar-refractivity contribution is -0.000695. The molecular formula is C10H19NO. The van der Waals surface area contributed by atoms with Gasteiger partial charge < -0.3 is 10.8 Å². The first-order valence-corrected chi connectivity index (χ1v) is 4.83. The van der Waals surface area contributed by atoms with Gasteiger partial charge in [-0.2, -0.15) is 0 Å². The molecule has 0 aromatic rings. The molecule has 4 atom stereocenters. The number of hydrogen-bond donors (Lipinski definition) is 2. The van der Waals surface area contributed by atoms with Crippen LogP contribution < -0.4 is 5.73 Å². The van der Waals surface area contributed by atoms with Crippen LogP contribution in [0.15, 0.2) is 0 Å². The van der Waals surface area contributed by atoms with Crippen LogP contribution >= 0.6 is 0 Å². The van der Waals surface area contributed by atoms with Gasteiger partial charge in [0.15, 0.2) is 0 Å². The Morgan fingerprint density at radius 3 is 2.33 bits per heavy atom. The van der Waals surface area contributed by atoms with E-state index >= 15 is 0 Å². The molecule has 2 aliphatic carbocycles. The van der Waals surface area contributed by atoms with Gasteiger partial charge in [-0.25, -0.2) is 0 Å². The van der Waals surface area contributed by atoms with Crippen LogP contribution in [0.3, 0.4) is 0 Å². The van der Waals surface area contributed by atoms with E-state index < -0.39 is 5.60 Å². The molecule has 0 bridgehead atoms. The minimum absolute atomic E-state index is 0.0134. The molecule has 0 amide bonds. The Morgan fingerprint density at radius 2 is 1.83 bits per heavy atom. The van der Waals surface area contributed by atoms with Crippen molar-refractivity contribution < 1.29 is 5.11 Å². The van der Waals surface area contributed by atoms with Crippen LogP contribution in [0.25, 0.3) is 0 Å². The van der Waals surface area contributed by atoms with Gasteiger partial charge in [-0.15, -0.1) is 0 Å². The van der Waals surface area contributed by atoms with Gasteiger partial charge in [0.25, 0.3) is 0 Å². The SMILES string of the molecule is CC1(C)[C@@H]2C[C@@H](N)[C@@](C)(O)C[C@@H]21. The lowest BCUT2D eigenvalue weighted by Crippen LogP contribution is -2.48. The van der Waals surface area contributed by atoms with Crippen LogP contribution in [0.2, 0.25) is 0 Å². The fraction of sp³-hybridized carbons (Fsp3) is 1.00. The standard InChI is InChI=1S/C10H19NO/c1-9(2)6-4-8(11)10(3,12)5-7(6)9/h6-8,12H,4-5,11H2,1-3H3/t6-,7+,8-,10+/m1/s1. The fourth-order valence-electron chi connectivity index (χ4n) is 2.85. The number of aliphatic hydroxyl groups is 1. The summed E-state index contributed by atoms with van der Waals surface area (Å²) in [6.07, 6.45) is 1.90. The van der Waals surface area contributed by atoms with Crippen LogP contribution in [-0.2, 0) is 0 Å². The van der Waals surface area contributed by atoms with Crippen molar-refractivity contribution in [2.24, 2.45) is 23.0 Å². The van der Waals surface area contributed by atoms with Gasteiger partial charge in [0.05, 0.1) is 5.60 Å². The highest BCUT2D eigenvalue weighted by molar-refractivity contribution is 5.13. The highest BCUT2D eigenvalue weighted by atomic mass is 16.3. The molecular weight excluding hydrogens is 150 g/mol. The summed E-state index contributed by atoms with van der Waals surface area (Å²) in [6.45, 7) is 6.45. The predicted molar refractivity (Wildman–Crippen MR) is 48.6 cm³/mol. The normalized spacial score (nSPS) is 56.2. The molecule has 12 heavy (non-hydrogen) atoms. The van der Waals surface area contributed by atoms with E-state index in [0.29, 0.717) is 11.3 Å². The Balaban J connectivity index is 2.14. The predicted octanol–water partition coefficient (Wildman–Crippen LogP) is 1.13. The van der Waals surface area contributed by atoms with E-state index in [0.717, 1.165) is 18.8 Å². The molecule has 2 aliphatic rings. The smallest absolute Gasteiger partial charge is 0.0773 e. The molecule has 0 aliphatic heterocycles. The summed E-state index contributed by atoms with van der Waals surface area (Å²) in [6, 6.07) is -0.0134. The summed E-state index contributed by atoms with van der Waals surface area (Å²) >= 11 is 0. The Labute approximate surface area is 74.1 Å². The molecule has 0 unspecified atom stereocenters. The third-order valence-corrected chi connectivity index (χ3v) is 4.23. The van der Waals surface area contributed by atoms with E-state index in [4.69, 9.17) is 5.73 Å². The number of hydrogen-bond acceptors (Lipinski definition) is 2. The zero-order valence-corrected chi connectivity index (χ0v) is 8.17. The molecule has 0 aromatic heterocycles. The second kappa shape index (κ2) is 2.05. The molecule has 0 saturated heterocycles. The quantitative estimate of drug-likeness (QED) is 0.571. The van der Waals surface area contributed by atoms with E-state index in [9.17, 15) is 5.11 Å². The molecule has 2 heteroatoms. The van der Waals surface area contributed by atoms with Crippen molar-refractivity contribution >= 4 is 0 Å². The zero-order valence-electron chi connectivity index (χ0n) is 8.17. The average Bonchev–Trinajstić information content (AvgIpc) is 2.37. The number of fused-ring (bicyclic) bond motifs is 1. The molecule has 3 N–H and O–H groups in total. The van der Waals surface area contributed by atoms with Crippen molar-refractivity contribution in [2.75, 3.05) is 0 Å². The van der Waals surface area contributed by atoms with Crippen LogP contribution in [0, 0.1) is 17.3 Å². The van der Waals surface area contributed by atoms with Gasteiger partial charge in [0.1, 0.15) is 0 Å². The Bertz CT molecular complexity index is 210. The van der Waals surface area contributed by atoms with E-state index in [1.54, 1.807) is 0 Å². The van der Waals surface area contributed by atoms with Crippen molar-refractivity contribution in [1.29, 1.82) is 0 Å². The van der Waals surface area contributed by atoms with Crippen LogP contribution in [0.1, 0.15) is 33.6 Å². The average molecular weight is 169 g/mol. The first-order chi connectivity index (χ1) is 5.36. The first kappa shape index (κ1) is 8.52. The fourth-order valence-corrected chi connectivity index (χ4v) is 2.85. The first-order valence-electron chi connectivity index (χ1n) is 4.83. The highest BCUT2D eigenvalue weighted by Crippen LogP contribution is 2.66. The van der Waals surface area contributed by atoms with Gasteiger partial charge in [0, 0.05) is 6.04 Å². The molecule has 70 valence electrons. The molecule has 2 saturated carbocycles. The topological polar surface area (TPSA) is 46.2 Å². The third-order valence-electron chi connectivity index (χ3n) is 4.23. The third kappa shape index (κ3) is 0.944. The molecule has 0 heterocycles. The molecule has 0 spiro atoms. The highest BCUT2D eigenvalue weighted by Gasteiger charge is 2.63. The Morgan fingerprint density at radius 1 is 1.25 bits per heavy atom. The van der Waals surface area contributed by atoms with Crippen LogP contribution in [-0.4, -0.2) is 16.7 Å². The van der Waals surface area contributed by atoms with E-state index in [1.807, 2.05) is 6.92 Å². The minimum atomic E-state index is -0.616. The Hall–Kier alpha value is -0.0800. The van der Waals surface area contributed by atoms with Crippen molar-refractivity contribution in [3.05, 3.63) is 0 Å². The van der Waals surface area contributed by atoms with E-state index in [2.05, 4.69) is 13.8 Å². The molecule has 0 radical (unpaired) electrons. The lowest BCUT2D eigenvalue weighted by Gasteiger charge is -2.33. The molecule has 2 fully saturated rings. The second-order valence-electron chi connectivity index (χ2n) is 5.44. The summed E-state index contributed by atoms with van der Waals surface area (Å²) in [4.78, 5) is 0. The number of nitrogens with two attached hydrogens (primary N) is 1. The lowest BCUT2D eigenvalue weighted by atomic mass is 9.82. The summed E-state index contributed by atoms with van der Waals surface area (Å²) < 4.78 is 0. The summed E-state index contributed by atoms with van der Waals surface area (Å²) in [5.74, 6) is 1.49. The largest absolute Gasteiger partial charge is 0.389 e. The van der Waals surface area contributed by atoms with Crippen LogP contribution in [0.4, 0.5) is 0 Å².